The second-order valence-corrected chi connectivity index (χ2v) is 8.55. The van der Waals surface area contributed by atoms with Gasteiger partial charge in [0, 0.05) is 31.7 Å². The molecule has 0 bridgehead atoms. The summed E-state index contributed by atoms with van der Waals surface area (Å²) in [5.74, 6) is 0.768. The van der Waals surface area contributed by atoms with Gasteiger partial charge in [-0.05, 0) is 78.0 Å². The molecular weight excluding hydrogens is 348 g/mol. The van der Waals surface area contributed by atoms with Crippen molar-refractivity contribution in [1.29, 1.82) is 5.26 Å². The molecule has 3 aliphatic rings. The molecule has 1 atom stereocenters. The highest BCUT2D eigenvalue weighted by Crippen LogP contribution is 2.27. The van der Waals surface area contributed by atoms with E-state index in [0.717, 1.165) is 51.3 Å². The molecule has 0 spiro atoms. The van der Waals surface area contributed by atoms with Crippen molar-refractivity contribution in [2.45, 2.75) is 70.4 Å². The number of hydrogen-bond acceptors (Lipinski definition) is 5. The van der Waals surface area contributed by atoms with Crippen LogP contribution in [0.5, 0.6) is 0 Å². The zero-order chi connectivity index (χ0) is 19.8. The molecule has 3 aliphatic heterocycles. The van der Waals surface area contributed by atoms with Crippen molar-refractivity contribution in [3.63, 3.8) is 0 Å². The van der Waals surface area contributed by atoms with Crippen molar-refractivity contribution >= 4 is 0 Å². The van der Waals surface area contributed by atoms with Gasteiger partial charge in [-0.2, -0.15) is 0 Å². The quantitative estimate of drug-likeness (QED) is 0.415. The van der Waals surface area contributed by atoms with Crippen molar-refractivity contribution in [3.8, 4) is 6.07 Å². The Bertz CT molecular complexity index is 585. The second-order valence-electron chi connectivity index (χ2n) is 8.55. The van der Waals surface area contributed by atoms with Crippen LogP contribution >= 0.6 is 0 Å². The molecule has 0 amide bonds. The summed E-state index contributed by atoms with van der Waals surface area (Å²) < 4.78 is 0. The molecule has 3 saturated heterocycles. The average Bonchev–Trinajstić information content (AvgIpc) is 3.17. The first-order chi connectivity index (χ1) is 13.7. The van der Waals surface area contributed by atoms with Gasteiger partial charge in [0.1, 0.15) is 5.82 Å². The minimum absolute atomic E-state index is 0.214. The van der Waals surface area contributed by atoms with E-state index in [1.54, 1.807) is 0 Å². The third-order valence-electron chi connectivity index (χ3n) is 6.69. The molecule has 3 fully saturated rings. The Morgan fingerprint density at radius 3 is 2.43 bits per heavy atom. The Morgan fingerprint density at radius 2 is 1.82 bits per heavy atom. The molecule has 6 nitrogen and oxygen atoms in total. The normalized spacial score (nSPS) is 25.8. The maximum Gasteiger partial charge on any atom is 0.300 e. The van der Waals surface area contributed by atoms with Gasteiger partial charge in [-0.1, -0.05) is 6.42 Å². The standard InChI is InChI=1S/C22H36N6/c1-19-8-6-15-28(19)20-9-16-27(17-10-20)22(21(18-23)24-2)25-11-7-14-26-12-4-3-5-13-26/h19-20,25H,3-17H2,1H3/b22-21+. The van der Waals surface area contributed by atoms with Gasteiger partial charge in [0.05, 0.1) is 12.6 Å². The Morgan fingerprint density at radius 1 is 1.07 bits per heavy atom. The maximum absolute atomic E-state index is 9.44. The summed E-state index contributed by atoms with van der Waals surface area (Å²) in [7, 11) is 0. The molecule has 3 heterocycles. The van der Waals surface area contributed by atoms with Crippen molar-refractivity contribution < 1.29 is 0 Å². The van der Waals surface area contributed by atoms with Crippen LogP contribution in [-0.2, 0) is 0 Å². The largest absolute Gasteiger partial charge is 0.380 e. The zero-order valence-corrected chi connectivity index (χ0v) is 17.5. The lowest BCUT2D eigenvalue weighted by molar-refractivity contribution is 0.115. The molecule has 6 heteroatoms. The van der Waals surface area contributed by atoms with Gasteiger partial charge in [0.15, 0.2) is 0 Å². The second kappa shape index (κ2) is 10.7. The first-order valence-electron chi connectivity index (χ1n) is 11.2. The van der Waals surface area contributed by atoms with Crippen LogP contribution in [0.2, 0.25) is 0 Å². The number of nitrogens with one attached hydrogen (secondary N) is 1. The van der Waals surface area contributed by atoms with E-state index < -0.39 is 0 Å². The van der Waals surface area contributed by atoms with Crippen LogP contribution in [0.25, 0.3) is 4.85 Å². The van der Waals surface area contributed by atoms with Gasteiger partial charge in [-0.15, -0.1) is 0 Å². The van der Waals surface area contributed by atoms with Crippen LogP contribution in [0.4, 0.5) is 0 Å². The van der Waals surface area contributed by atoms with Crippen LogP contribution in [0, 0.1) is 17.9 Å². The fourth-order valence-electron chi connectivity index (χ4n) is 5.09. The molecule has 1 N–H and O–H groups in total. The van der Waals surface area contributed by atoms with Crippen LogP contribution in [0.3, 0.4) is 0 Å². The third kappa shape index (κ3) is 5.40. The number of allylic oxidation sites excluding steroid dienone is 1. The number of rotatable bonds is 7. The van der Waals surface area contributed by atoms with E-state index in [1.165, 1.54) is 51.7 Å². The number of piperidine rings is 2. The first kappa shape index (κ1) is 21.0. The van der Waals surface area contributed by atoms with Crippen LogP contribution < -0.4 is 5.32 Å². The number of nitrogens with zero attached hydrogens (tertiary/aromatic N) is 5. The van der Waals surface area contributed by atoms with Crippen LogP contribution in [-0.4, -0.2) is 72.6 Å². The molecule has 0 aliphatic carbocycles. The maximum atomic E-state index is 9.44. The summed E-state index contributed by atoms with van der Waals surface area (Å²) in [6, 6.07) is 3.48. The Hall–Kier alpha value is -1.76. The monoisotopic (exact) mass is 384 g/mol. The van der Waals surface area contributed by atoms with E-state index in [1.807, 2.05) is 0 Å². The van der Waals surface area contributed by atoms with Gasteiger partial charge < -0.3 is 15.1 Å². The predicted octanol–water partition coefficient (Wildman–Crippen LogP) is 3.01. The summed E-state index contributed by atoms with van der Waals surface area (Å²) in [4.78, 5) is 11.0. The first-order valence-corrected chi connectivity index (χ1v) is 11.2. The number of nitriles is 1. The molecule has 0 aromatic carbocycles. The molecule has 154 valence electrons. The Balaban J connectivity index is 1.50. The molecule has 0 aromatic heterocycles. The van der Waals surface area contributed by atoms with E-state index in [0.29, 0.717) is 12.1 Å². The fourth-order valence-corrected chi connectivity index (χ4v) is 5.09. The van der Waals surface area contributed by atoms with Crippen LogP contribution in [0.1, 0.15) is 58.3 Å². The smallest absolute Gasteiger partial charge is 0.300 e. The van der Waals surface area contributed by atoms with E-state index >= 15 is 0 Å². The van der Waals surface area contributed by atoms with Gasteiger partial charge in [-0.25, -0.2) is 10.1 Å². The summed E-state index contributed by atoms with van der Waals surface area (Å²) >= 11 is 0. The van der Waals surface area contributed by atoms with E-state index in [2.05, 4.69) is 37.9 Å². The van der Waals surface area contributed by atoms with Crippen molar-refractivity contribution in [3.05, 3.63) is 22.9 Å². The van der Waals surface area contributed by atoms with Gasteiger partial charge in [-0.3, -0.25) is 4.90 Å². The molecular formula is C22H36N6. The average molecular weight is 385 g/mol. The molecule has 0 radical (unpaired) electrons. The molecule has 0 saturated carbocycles. The minimum Gasteiger partial charge on any atom is -0.380 e. The van der Waals surface area contributed by atoms with Crippen LogP contribution in [0.15, 0.2) is 11.5 Å². The number of likely N-dealkylation sites (tertiary alicyclic amines) is 3. The Kier molecular flexibility index (Phi) is 8.01. The molecule has 3 rings (SSSR count). The Labute approximate surface area is 171 Å². The SMILES string of the molecule is [C-]#[N+]/C(C#N)=C(\NCCCN1CCCCC1)N1CCC(N2CCCC2C)CC1. The lowest BCUT2D eigenvalue weighted by atomic mass is 10.0. The summed E-state index contributed by atoms with van der Waals surface area (Å²) in [5.41, 5.74) is 0.214. The van der Waals surface area contributed by atoms with E-state index in [9.17, 15) is 5.26 Å². The highest BCUT2D eigenvalue weighted by molar-refractivity contribution is 5.32. The van der Waals surface area contributed by atoms with Gasteiger partial charge >= 0.3 is 0 Å². The van der Waals surface area contributed by atoms with Crippen molar-refractivity contribution in [1.82, 2.24) is 20.0 Å². The molecule has 0 aromatic rings. The van der Waals surface area contributed by atoms with E-state index in [4.69, 9.17) is 6.57 Å². The number of hydrogen-bond donors (Lipinski definition) is 1. The summed E-state index contributed by atoms with van der Waals surface area (Å²) in [5, 5.41) is 12.9. The zero-order valence-electron chi connectivity index (χ0n) is 17.5. The fraction of sp³-hybridized carbons (Fsp3) is 0.818. The van der Waals surface area contributed by atoms with Crippen molar-refractivity contribution in [2.75, 3.05) is 45.8 Å². The predicted molar refractivity (Wildman–Crippen MR) is 112 cm³/mol. The summed E-state index contributed by atoms with van der Waals surface area (Å²) in [6.07, 6.45) is 9.95. The highest BCUT2D eigenvalue weighted by Gasteiger charge is 2.31. The molecule has 1 unspecified atom stereocenters. The van der Waals surface area contributed by atoms with Crippen molar-refractivity contribution in [2.24, 2.45) is 0 Å². The third-order valence-corrected chi connectivity index (χ3v) is 6.69. The lowest BCUT2D eigenvalue weighted by Crippen LogP contribution is -2.47. The topological polar surface area (TPSA) is 49.9 Å². The van der Waals surface area contributed by atoms with Gasteiger partial charge in [0.25, 0.3) is 5.70 Å². The van der Waals surface area contributed by atoms with Gasteiger partial charge in [0.2, 0.25) is 0 Å². The highest BCUT2D eigenvalue weighted by atomic mass is 15.3. The summed E-state index contributed by atoms with van der Waals surface area (Å²) in [6.45, 7) is 17.2. The lowest BCUT2D eigenvalue weighted by Gasteiger charge is -2.40. The minimum atomic E-state index is 0.214. The molecule has 28 heavy (non-hydrogen) atoms. The van der Waals surface area contributed by atoms with E-state index in [-0.39, 0.29) is 5.70 Å².